The second kappa shape index (κ2) is 4.47. The summed E-state index contributed by atoms with van der Waals surface area (Å²) in [6.07, 6.45) is 1.67. The molecule has 0 radical (unpaired) electrons. The minimum atomic E-state index is -1.01. The summed E-state index contributed by atoms with van der Waals surface area (Å²) >= 11 is 0. The summed E-state index contributed by atoms with van der Waals surface area (Å²) in [5.41, 5.74) is 5.53. The van der Waals surface area contributed by atoms with Crippen molar-refractivity contribution in [3.63, 3.8) is 0 Å². The number of aromatic nitrogens is 2. The largest absolute Gasteiger partial charge is 0.384 e. The summed E-state index contributed by atoms with van der Waals surface area (Å²) < 4.78 is 14.1. The molecule has 1 aromatic rings. The average molecular weight is 238 g/mol. The Hall–Kier alpha value is -1.39. The van der Waals surface area contributed by atoms with Crippen LogP contribution < -0.4 is 10.6 Å². The molecule has 0 saturated carbocycles. The van der Waals surface area contributed by atoms with Crippen molar-refractivity contribution in [2.45, 2.75) is 38.8 Å². The third-order valence-corrected chi connectivity index (χ3v) is 3.44. The molecule has 1 aromatic heterocycles. The van der Waals surface area contributed by atoms with Crippen LogP contribution in [0.2, 0.25) is 0 Å². The van der Waals surface area contributed by atoms with Gasteiger partial charge in [-0.15, -0.1) is 0 Å². The normalized spacial score (nSPS) is 19.4. The molecule has 2 rings (SSSR count). The first kappa shape index (κ1) is 12.1. The van der Waals surface area contributed by atoms with Crippen molar-refractivity contribution < 1.29 is 4.39 Å². The van der Waals surface area contributed by atoms with E-state index in [2.05, 4.69) is 9.97 Å². The number of aryl methyl sites for hydroxylation is 1. The van der Waals surface area contributed by atoms with Crippen molar-refractivity contribution >= 4 is 11.8 Å². The van der Waals surface area contributed by atoms with Crippen LogP contribution in [0.25, 0.3) is 0 Å². The van der Waals surface area contributed by atoms with E-state index in [0.717, 1.165) is 5.69 Å². The van der Waals surface area contributed by atoms with Gasteiger partial charge < -0.3 is 10.6 Å². The Morgan fingerprint density at radius 2 is 2.06 bits per heavy atom. The molecule has 2 heterocycles. The van der Waals surface area contributed by atoms with E-state index in [-0.39, 0.29) is 0 Å². The molecule has 4 nitrogen and oxygen atoms in total. The Balaban J connectivity index is 2.10. The molecule has 0 aliphatic carbocycles. The average Bonchev–Trinajstić information content (AvgIpc) is 2.29. The molecule has 0 amide bonds. The van der Waals surface area contributed by atoms with Gasteiger partial charge in [0.25, 0.3) is 0 Å². The van der Waals surface area contributed by atoms with Crippen molar-refractivity contribution in [2.75, 3.05) is 23.7 Å². The van der Waals surface area contributed by atoms with E-state index in [4.69, 9.17) is 5.73 Å². The van der Waals surface area contributed by atoms with Gasteiger partial charge in [0.15, 0.2) is 0 Å². The van der Waals surface area contributed by atoms with E-state index in [0.29, 0.717) is 44.1 Å². The molecular weight excluding hydrogens is 219 g/mol. The van der Waals surface area contributed by atoms with Crippen LogP contribution in [0.1, 0.15) is 31.9 Å². The van der Waals surface area contributed by atoms with E-state index in [9.17, 15) is 4.39 Å². The number of rotatable bonds is 2. The first-order valence-electron chi connectivity index (χ1n) is 6.07. The van der Waals surface area contributed by atoms with Gasteiger partial charge in [-0.3, -0.25) is 0 Å². The predicted octanol–water partition coefficient (Wildman–Crippen LogP) is 2.09. The Labute approximate surface area is 101 Å². The molecule has 5 heteroatoms. The maximum absolute atomic E-state index is 14.1. The highest BCUT2D eigenvalue weighted by atomic mass is 19.1. The van der Waals surface area contributed by atoms with Gasteiger partial charge in [-0.05, 0) is 26.2 Å². The van der Waals surface area contributed by atoms with Crippen LogP contribution >= 0.6 is 0 Å². The fourth-order valence-electron chi connectivity index (χ4n) is 2.18. The van der Waals surface area contributed by atoms with Crippen LogP contribution in [0.15, 0.2) is 6.07 Å². The summed E-state index contributed by atoms with van der Waals surface area (Å²) in [7, 11) is 0. The lowest BCUT2D eigenvalue weighted by molar-refractivity contribution is 0.120. The Kier molecular flexibility index (Phi) is 3.17. The third-order valence-electron chi connectivity index (χ3n) is 3.44. The fraction of sp³-hybridized carbons (Fsp3) is 0.667. The smallest absolute Gasteiger partial charge is 0.227 e. The van der Waals surface area contributed by atoms with E-state index >= 15 is 0 Å². The molecule has 0 bridgehead atoms. The molecule has 0 atom stereocenters. The monoisotopic (exact) mass is 238 g/mol. The lowest BCUT2D eigenvalue weighted by atomic mass is 9.91. The first-order chi connectivity index (χ1) is 8.02. The van der Waals surface area contributed by atoms with Crippen LogP contribution in [0.5, 0.6) is 0 Å². The highest BCUT2D eigenvalue weighted by Crippen LogP contribution is 2.30. The quantitative estimate of drug-likeness (QED) is 0.857. The highest BCUT2D eigenvalue weighted by molar-refractivity contribution is 5.40. The number of nitrogens with zero attached hydrogens (tertiary/aromatic N) is 3. The molecular formula is C12H19FN4. The van der Waals surface area contributed by atoms with Gasteiger partial charge in [0.05, 0.1) is 0 Å². The summed E-state index contributed by atoms with van der Waals surface area (Å²) in [4.78, 5) is 10.6. The highest BCUT2D eigenvalue weighted by Gasteiger charge is 2.33. The van der Waals surface area contributed by atoms with Crippen LogP contribution in [0.3, 0.4) is 0 Å². The maximum Gasteiger partial charge on any atom is 0.227 e. The molecule has 2 N–H and O–H groups in total. The molecule has 1 aliphatic rings. The van der Waals surface area contributed by atoms with Gasteiger partial charge in [0.1, 0.15) is 11.5 Å². The fourth-order valence-corrected chi connectivity index (χ4v) is 2.18. The first-order valence-corrected chi connectivity index (χ1v) is 6.07. The van der Waals surface area contributed by atoms with Gasteiger partial charge in [-0.1, -0.05) is 6.92 Å². The number of hydrogen-bond donors (Lipinski definition) is 1. The van der Waals surface area contributed by atoms with Crippen LogP contribution in [0, 0.1) is 6.92 Å². The summed E-state index contributed by atoms with van der Waals surface area (Å²) in [5, 5.41) is 0. The number of hydrogen-bond acceptors (Lipinski definition) is 4. The number of piperidine rings is 1. The van der Waals surface area contributed by atoms with E-state index in [1.54, 1.807) is 6.07 Å². The van der Waals surface area contributed by atoms with E-state index < -0.39 is 5.67 Å². The molecule has 1 saturated heterocycles. The van der Waals surface area contributed by atoms with Crippen molar-refractivity contribution in [2.24, 2.45) is 0 Å². The van der Waals surface area contributed by atoms with Crippen molar-refractivity contribution in [1.29, 1.82) is 0 Å². The molecule has 1 fully saturated rings. The summed E-state index contributed by atoms with van der Waals surface area (Å²) in [6.45, 7) is 5.11. The minimum Gasteiger partial charge on any atom is -0.384 e. The lowest BCUT2D eigenvalue weighted by Gasteiger charge is -2.35. The molecule has 0 aromatic carbocycles. The molecule has 0 unspecified atom stereocenters. The predicted molar refractivity (Wildman–Crippen MR) is 66.8 cm³/mol. The Bertz CT molecular complexity index is 379. The van der Waals surface area contributed by atoms with Crippen LogP contribution in [0.4, 0.5) is 16.2 Å². The number of nitrogens with two attached hydrogens (primary N) is 1. The molecule has 17 heavy (non-hydrogen) atoms. The maximum atomic E-state index is 14.1. The van der Waals surface area contributed by atoms with Gasteiger partial charge in [-0.25, -0.2) is 9.37 Å². The van der Waals surface area contributed by atoms with Gasteiger partial charge in [-0.2, -0.15) is 4.98 Å². The number of halogens is 1. The minimum absolute atomic E-state index is 0.472. The number of anilines is 2. The molecule has 94 valence electrons. The number of nitrogen functional groups attached to an aromatic ring is 1. The second-order valence-electron chi connectivity index (χ2n) is 4.73. The summed E-state index contributed by atoms with van der Waals surface area (Å²) in [6, 6.07) is 1.74. The zero-order chi connectivity index (χ0) is 12.5. The standard InChI is InChI=1S/C12H19FN4/c1-3-12(13)4-6-17(7-5-12)11-15-9(2)8-10(14)16-11/h8H,3-7H2,1-2H3,(H2,14,15,16). The van der Waals surface area contributed by atoms with E-state index in [1.807, 2.05) is 18.7 Å². The van der Waals surface area contributed by atoms with Gasteiger partial charge in [0, 0.05) is 24.8 Å². The van der Waals surface area contributed by atoms with Gasteiger partial charge >= 0.3 is 0 Å². The Morgan fingerprint density at radius 1 is 1.41 bits per heavy atom. The lowest BCUT2D eigenvalue weighted by Crippen LogP contribution is -2.42. The van der Waals surface area contributed by atoms with Crippen molar-refractivity contribution in [1.82, 2.24) is 9.97 Å². The van der Waals surface area contributed by atoms with Crippen LogP contribution in [-0.2, 0) is 0 Å². The topological polar surface area (TPSA) is 55.0 Å². The SMILES string of the molecule is CCC1(F)CCN(c2nc(C)cc(N)n2)CC1. The third kappa shape index (κ3) is 2.65. The summed E-state index contributed by atoms with van der Waals surface area (Å²) in [5.74, 6) is 1.10. The van der Waals surface area contributed by atoms with Gasteiger partial charge in [0.2, 0.25) is 5.95 Å². The zero-order valence-corrected chi connectivity index (χ0v) is 10.4. The molecule has 0 spiro atoms. The van der Waals surface area contributed by atoms with Crippen molar-refractivity contribution in [3.8, 4) is 0 Å². The number of alkyl halides is 1. The van der Waals surface area contributed by atoms with E-state index in [1.165, 1.54) is 0 Å². The second-order valence-corrected chi connectivity index (χ2v) is 4.73. The van der Waals surface area contributed by atoms with Crippen LogP contribution in [-0.4, -0.2) is 28.7 Å². The molecule has 1 aliphatic heterocycles. The Morgan fingerprint density at radius 3 is 2.59 bits per heavy atom. The zero-order valence-electron chi connectivity index (χ0n) is 10.4. The van der Waals surface area contributed by atoms with Crippen molar-refractivity contribution in [3.05, 3.63) is 11.8 Å².